The minimum Gasteiger partial charge on any atom is -0.376 e. The van der Waals surface area contributed by atoms with Crippen molar-refractivity contribution in [2.75, 3.05) is 18.5 Å². The molecule has 0 amide bonds. The van der Waals surface area contributed by atoms with Gasteiger partial charge in [0.15, 0.2) is 5.82 Å². The Hall–Kier alpha value is -1.95. The van der Waals surface area contributed by atoms with Crippen LogP contribution in [0.1, 0.15) is 24.6 Å². The van der Waals surface area contributed by atoms with E-state index in [1.54, 1.807) is 12.5 Å². The Morgan fingerprint density at radius 2 is 2.30 bits per heavy atom. The van der Waals surface area contributed by atoms with Crippen LogP contribution in [-0.4, -0.2) is 32.7 Å². The summed E-state index contributed by atoms with van der Waals surface area (Å²) in [6.45, 7) is 4.35. The van der Waals surface area contributed by atoms with Crippen LogP contribution < -0.4 is 5.32 Å². The average molecular weight is 273 g/mol. The van der Waals surface area contributed by atoms with Crippen molar-refractivity contribution in [1.82, 2.24) is 19.5 Å². The van der Waals surface area contributed by atoms with Gasteiger partial charge in [-0.2, -0.15) is 0 Å². The van der Waals surface area contributed by atoms with E-state index in [2.05, 4.69) is 22.2 Å². The SMILES string of the molecule is CCCNc1nc(-c2cncn2C)nc2c1COCC2. The molecule has 2 aromatic heterocycles. The van der Waals surface area contributed by atoms with Crippen LogP contribution in [0.5, 0.6) is 0 Å². The standard InChI is InChI=1S/C14H19N5O/c1-3-5-16-13-10-8-20-6-4-11(10)17-14(18-13)12-7-15-9-19(12)2/h7,9H,3-6,8H2,1-2H3,(H,16,17,18). The zero-order valence-electron chi connectivity index (χ0n) is 11.9. The minimum atomic E-state index is 0.590. The molecular weight excluding hydrogens is 254 g/mol. The summed E-state index contributed by atoms with van der Waals surface area (Å²) in [7, 11) is 1.95. The summed E-state index contributed by atoms with van der Waals surface area (Å²) in [6, 6.07) is 0. The summed E-state index contributed by atoms with van der Waals surface area (Å²) in [5, 5.41) is 3.38. The minimum absolute atomic E-state index is 0.590. The van der Waals surface area contributed by atoms with Crippen LogP contribution in [0, 0.1) is 0 Å². The Morgan fingerprint density at radius 3 is 3.05 bits per heavy atom. The third kappa shape index (κ3) is 2.38. The second-order valence-corrected chi connectivity index (χ2v) is 4.94. The van der Waals surface area contributed by atoms with E-state index in [1.807, 2.05) is 11.6 Å². The Balaban J connectivity index is 2.05. The molecule has 20 heavy (non-hydrogen) atoms. The first kappa shape index (κ1) is 13.1. The van der Waals surface area contributed by atoms with Crippen molar-refractivity contribution < 1.29 is 4.74 Å². The summed E-state index contributed by atoms with van der Waals surface area (Å²) in [5.41, 5.74) is 3.11. The van der Waals surface area contributed by atoms with E-state index in [-0.39, 0.29) is 0 Å². The first-order chi connectivity index (χ1) is 9.79. The van der Waals surface area contributed by atoms with Gasteiger partial charge in [0.25, 0.3) is 0 Å². The number of hydrogen-bond donors (Lipinski definition) is 1. The molecule has 2 aromatic rings. The fraction of sp³-hybridized carbons (Fsp3) is 0.500. The number of ether oxygens (including phenoxy) is 1. The number of hydrogen-bond acceptors (Lipinski definition) is 5. The predicted molar refractivity (Wildman–Crippen MR) is 76.4 cm³/mol. The lowest BCUT2D eigenvalue weighted by Crippen LogP contribution is -2.17. The number of imidazole rings is 1. The first-order valence-corrected chi connectivity index (χ1v) is 6.97. The van der Waals surface area contributed by atoms with Crippen molar-refractivity contribution >= 4 is 5.82 Å². The maximum atomic E-state index is 5.53. The molecule has 0 saturated carbocycles. The van der Waals surface area contributed by atoms with Crippen LogP contribution in [0.3, 0.4) is 0 Å². The topological polar surface area (TPSA) is 64.9 Å². The Morgan fingerprint density at radius 1 is 1.40 bits per heavy atom. The fourth-order valence-corrected chi connectivity index (χ4v) is 2.31. The molecular formula is C14H19N5O. The summed E-state index contributed by atoms with van der Waals surface area (Å²) in [5.74, 6) is 1.62. The van der Waals surface area contributed by atoms with Crippen LogP contribution in [0.15, 0.2) is 12.5 Å². The molecule has 3 heterocycles. The van der Waals surface area contributed by atoms with Crippen LogP contribution in [0.2, 0.25) is 0 Å². The normalized spacial score (nSPS) is 14.1. The van der Waals surface area contributed by atoms with Crippen molar-refractivity contribution in [2.24, 2.45) is 7.05 Å². The quantitative estimate of drug-likeness (QED) is 0.919. The molecule has 0 fully saturated rings. The highest BCUT2D eigenvalue weighted by atomic mass is 16.5. The van der Waals surface area contributed by atoms with Gasteiger partial charge in [-0.25, -0.2) is 15.0 Å². The van der Waals surface area contributed by atoms with E-state index in [0.29, 0.717) is 6.61 Å². The van der Waals surface area contributed by atoms with Gasteiger partial charge in [0.1, 0.15) is 11.5 Å². The number of nitrogens with one attached hydrogen (secondary N) is 1. The van der Waals surface area contributed by atoms with Gasteiger partial charge in [0.05, 0.1) is 31.4 Å². The summed E-state index contributed by atoms with van der Waals surface area (Å²) in [6.07, 6.45) is 5.45. The molecule has 1 aliphatic heterocycles. The van der Waals surface area contributed by atoms with Gasteiger partial charge in [0.2, 0.25) is 0 Å². The lowest BCUT2D eigenvalue weighted by atomic mass is 10.1. The summed E-state index contributed by atoms with van der Waals surface area (Å²) in [4.78, 5) is 13.5. The zero-order chi connectivity index (χ0) is 13.9. The fourth-order valence-electron chi connectivity index (χ4n) is 2.31. The maximum Gasteiger partial charge on any atom is 0.180 e. The number of fused-ring (bicyclic) bond motifs is 1. The predicted octanol–water partition coefficient (Wildman–Crippen LogP) is 1.77. The van der Waals surface area contributed by atoms with Gasteiger partial charge in [-0.3, -0.25) is 0 Å². The van der Waals surface area contributed by atoms with Crippen LogP contribution >= 0.6 is 0 Å². The van der Waals surface area contributed by atoms with Crippen molar-refractivity contribution in [3.8, 4) is 11.5 Å². The molecule has 0 aromatic carbocycles. The molecule has 6 heteroatoms. The largest absolute Gasteiger partial charge is 0.376 e. The third-order valence-corrected chi connectivity index (χ3v) is 3.41. The maximum absolute atomic E-state index is 5.53. The molecule has 3 rings (SSSR count). The first-order valence-electron chi connectivity index (χ1n) is 6.97. The molecule has 0 radical (unpaired) electrons. The van der Waals surface area contributed by atoms with Gasteiger partial charge >= 0.3 is 0 Å². The van der Waals surface area contributed by atoms with Gasteiger partial charge in [-0.05, 0) is 6.42 Å². The highest BCUT2D eigenvalue weighted by Crippen LogP contribution is 2.25. The number of aromatic nitrogens is 4. The van der Waals surface area contributed by atoms with E-state index < -0.39 is 0 Å². The van der Waals surface area contributed by atoms with Gasteiger partial charge < -0.3 is 14.6 Å². The van der Waals surface area contributed by atoms with Gasteiger partial charge in [0, 0.05) is 25.6 Å². The van der Waals surface area contributed by atoms with E-state index in [9.17, 15) is 0 Å². The van der Waals surface area contributed by atoms with Crippen LogP contribution in [0.25, 0.3) is 11.5 Å². The average Bonchev–Trinajstić information content (AvgIpc) is 2.90. The number of rotatable bonds is 4. The molecule has 0 atom stereocenters. The van der Waals surface area contributed by atoms with E-state index in [4.69, 9.17) is 9.72 Å². The molecule has 0 saturated heterocycles. The smallest absolute Gasteiger partial charge is 0.180 e. The van der Waals surface area contributed by atoms with E-state index in [0.717, 1.165) is 54.6 Å². The molecule has 0 unspecified atom stereocenters. The van der Waals surface area contributed by atoms with E-state index >= 15 is 0 Å². The summed E-state index contributed by atoms with van der Waals surface area (Å²) < 4.78 is 7.47. The molecule has 106 valence electrons. The second-order valence-electron chi connectivity index (χ2n) is 4.94. The number of anilines is 1. The molecule has 0 bridgehead atoms. The number of aryl methyl sites for hydroxylation is 1. The molecule has 1 aliphatic rings. The molecule has 1 N–H and O–H groups in total. The van der Waals surface area contributed by atoms with Gasteiger partial charge in [-0.1, -0.05) is 6.92 Å². The van der Waals surface area contributed by atoms with E-state index in [1.165, 1.54) is 0 Å². The monoisotopic (exact) mass is 273 g/mol. The highest BCUT2D eigenvalue weighted by Gasteiger charge is 2.19. The lowest BCUT2D eigenvalue weighted by molar-refractivity contribution is 0.109. The lowest BCUT2D eigenvalue weighted by Gasteiger charge is -2.20. The molecule has 0 spiro atoms. The zero-order valence-corrected chi connectivity index (χ0v) is 11.9. The summed E-state index contributed by atoms with van der Waals surface area (Å²) >= 11 is 0. The highest BCUT2D eigenvalue weighted by molar-refractivity contribution is 5.56. The van der Waals surface area contributed by atoms with Crippen molar-refractivity contribution in [3.63, 3.8) is 0 Å². The van der Waals surface area contributed by atoms with Crippen molar-refractivity contribution in [2.45, 2.75) is 26.4 Å². The third-order valence-electron chi connectivity index (χ3n) is 3.41. The van der Waals surface area contributed by atoms with Crippen molar-refractivity contribution in [3.05, 3.63) is 23.8 Å². The second kappa shape index (κ2) is 5.58. The Labute approximate surface area is 118 Å². The van der Waals surface area contributed by atoms with Gasteiger partial charge in [-0.15, -0.1) is 0 Å². The van der Waals surface area contributed by atoms with Crippen LogP contribution in [-0.2, 0) is 24.8 Å². The molecule has 6 nitrogen and oxygen atoms in total. The Kier molecular flexibility index (Phi) is 3.64. The Bertz CT molecular complexity index is 608. The van der Waals surface area contributed by atoms with Crippen molar-refractivity contribution in [1.29, 1.82) is 0 Å². The number of nitrogens with zero attached hydrogens (tertiary/aromatic N) is 4. The van der Waals surface area contributed by atoms with Crippen LogP contribution in [0.4, 0.5) is 5.82 Å². The molecule has 0 aliphatic carbocycles.